The van der Waals surface area contributed by atoms with Gasteiger partial charge in [0.05, 0.1) is 0 Å². The molecule has 3 aromatic carbocycles. The summed E-state index contributed by atoms with van der Waals surface area (Å²) in [5.74, 6) is 0.369. The lowest BCUT2D eigenvalue weighted by atomic mass is 10.1. The number of carbonyl (C=O) groups excluding carboxylic acids is 2. The average molecular weight is 544 g/mol. The van der Waals surface area contributed by atoms with Gasteiger partial charge in [0.2, 0.25) is 6.79 Å². The molecule has 0 saturated carbocycles. The predicted octanol–water partition coefficient (Wildman–Crippen LogP) is 5.35. The lowest BCUT2D eigenvalue weighted by Gasteiger charge is -2.12. The van der Waals surface area contributed by atoms with Gasteiger partial charge in [0, 0.05) is 20.2 Å². The highest BCUT2D eigenvalue weighted by Crippen LogP contribution is 2.33. The average Bonchev–Trinajstić information content (AvgIpc) is 3.23. The topological polar surface area (TPSA) is 76.7 Å². The molecule has 4 rings (SSSR count). The summed E-state index contributed by atoms with van der Waals surface area (Å²) in [4.78, 5) is 25.7. The number of rotatable bonds is 5. The van der Waals surface area contributed by atoms with Gasteiger partial charge in [-0.25, -0.2) is 0 Å². The Kier molecular flexibility index (Phi) is 6.39. The Morgan fingerprint density at radius 2 is 1.48 bits per heavy atom. The monoisotopic (exact) mass is 542 g/mol. The van der Waals surface area contributed by atoms with Gasteiger partial charge in [0.1, 0.15) is 5.70 Å². The summed E-state index contributed by atoms with van der Waals surface area (Å²) in [7, 11) is 0. The molecular formula is C23H16Br2N2O4. The molecule has 6 nitrogen and oxygen atoms in total. The molecule has 0 aromatic heterocycles. The van der Waals surface area contributed by atoms with Crippen LogP contribution in [0.4, 0.5) is 5.69 Å². The van der Waals surface area contributed by atoms with Gasteiger partial charge in [0.25, 0.3) is 11.8 Å². The molecule has 0 unspecified atom stereocenters. The normalized spacial score (nSPS) is 12.4. The van der Waals surface area contributed by atoms with E-state index < -0.39 is 11.8 Å². The van der Waals surface area contributed by atoms with E-state index >= 15 is 0 Å². The van der Waals surface area contributed by atoms with Crippen LogP contribution in [0.5, 0.6) is 11.5 Å². The van der Waals surface area contributed by atoms with E-state index in [0.29, 0.717) is 28.3 Å². The Morgan fingerprint density at radius 3 is 2.19 bits per heavy atom. The second kappa shape index (κ2) is 9.36. The molecule has 2 amide bonds. The van der Waals surface area contributed by atoms with Crippen LogP contribution in [0.15, 0.2) is 81.4 Å². The third-order valence-electron chi connectivity index (χ3n) is 4.41. The molecule has 156 valence electrons. The van der Waals surface area contributed by atoms with E-state index in [1.54, 1.807) is 60.7 Å². The first-order valence-electron chi connectivity index (χ1n) is 9.23. The fourth-order valence-electron chi connectivity index (χ4n) is 2.86. The predicted molar refractivity (Wildman–Crippen MR) is 125 cm³/mol. The highest BCUT2D eigenvalue weighted by atomic mass is 79.9. The molecule has 3 aromatic rings. The third-order valence-corrected chi connectivity index (χ3v) is 5.47. The summed E-state index contributed by atoms with van der Waals surface area (Å²) in [6.07, 6.45) is 1.59. The molecule has 0 fully saturated rings. The van der Waals surface area contributed by atoms with Gasteiger partial charge in [0.15, 0.2) is 11.5 Å². The molecule has 0 atom stereocenters. The van der Waals surface area contributed by atoms with Crippen LogP contribution in [-0.4, -0.2) is 18.6 Å². The third kappa shape index (κ3) is 5.34. The maximum absolute atomic E-state index is 13.0. The van der Waals surface area contributed by atoms with E-state index in [9.17, 15) is 9.59 Å². The molecule has 1 heterocycles. The number of hydrogen-bond acceptors (Lipinski definition) is 4. The van der Waals surface area contributed by atoms with E-state index in [-0.39, 0.29) is 12.5 Å². The first-order valence-corrected chi connectivity index (χ1v) is 10.8. The van der Waals surface area contributed by atoms with Gasteiger partial charge in [-0.15, -0.1) is 0 Å². The molecule has 0 radical (unpaired) electrons. The minimum atomic E-state index is -0.453. The number of carbonyl (C=O) groups is 2. The van der Waals surface area contributed by atoms with E-state index in [1.165, 1.54) is 0 Å². The summed E-state index contributed by atoms with van der Waals surface area (Å²) in [6, 6.07) is 19.3. The second-order valence-electron chi connectivity index (χ2n) is 6.59. The molecular weight excluding hydrogens is 528 g/mol. The number of amides is 2. The van der Waals surface area contributed by atoms with E-state index in [2.05, 4.69) is 42.5 Å². The van der Waals surface area contributed by atoms with E-state index in [4.69, 9.17) is 9.47 Å². The SMILES string of the molecule is O=C(Nc1ccc(Br)cc1)C(=Cc1ccc2c(c1)OCO2)NC(=O)c1ccc(Br)cc1. The summed E-state index contributed by atoms with van der Waals surface area (Å²) >= 11 is 6.71. The first kappa shape index (κ1) is 21.1. The van der Waals surface area contributed by atoms with Crippen molar-refractivity contribution in [2.24, 2.45) is 0 Å². The summed E-state index contributed by atoms with van der Waals surface area (Å²) in [6.45, 7) is 0.152. The standard InChI is InChI=1S/C23H16Br2N2O4/c24-16-4-2-15(3-5-16)22(28)27-19(23(29)26-18-8-6-17(25)7-9-18)11-14-1-10-20-21(12-14)31-13-30-20/h1-12H,13H2,(H,26,29)(H,27,28). The lowest BCUT2D eigenvalue weighted by Crippen LogP contribution is -2.30. The minimum Gasteiger partial charge on any atom is -0.454 e. The number of anilines is 1. The smallest absolute Gasteiger partial charge is 0.272 e. The quantitative estimate of drug-likeness (QED) is 0.425. The number of hydrogen-bond donors (Lipinski definition) is 2. The van der Waals surface area contributed by atoms with Crippen molar-refractivity contribution in [3.8, 4) is 11.5 Å². The van der Waals surface area contributed by atoms with Gasteiger partial charge >= 0.3 is 0 Å². The van der Waals surface area contributed by atoms with Crippen LogP contribution >= 0.6 is 31.9 Å². The number of halogens is 2. The van der Waals surface area contributed by atoms with Gasteiger partial charge < -0.3 is 20.1 Å². The van der Waals surface area contributed by atoms with Crippen LogP contribution in [0.3, 0.4) is 0 Å². The van der Waals surface area contributed by atoms with Gasteiger partial charge in [-0.2, -0.15) is 0 Å². The number of ether oxygens (including phenoxy) is 2. The minimum absolute atomic E-state index is 0.0923. The van der Waals surface area contributed by atoms with Crippen LogP contribution in [0.1, 0.15) is 15.9 Å². The Hall–Kier alpha value is -3.10. The van der Waals surface area contributed by atoms with Crippen molar-refractivity contribution in [2.45, 2.75) is 0 Å². The van der Waals surface area contributed by atoms with E-state index in [1.807, 2.05) is 12.1 Å². The van der Waals surface area contributed by atoms with Crippen molar-refractivity contribution in [1.82, 2.24) is 5.32 Å². The zero-order chi connectivity index (χ0) is 21.8. The zero-order valence-electron chi connectivity index (χ0n) is 16.0. The fourth-order valence-corrected chi connectivity index (χ4v) is 3.38. The molecule has 2 N–H and O–H groups in total. The Morgan fingerprint density at radius 1 is 0.839 bits per heavy atom. The highest BCUT2D eigenvalue weighted by Gasteiger charge is 2.17. The maximum Gasteiger partial charge on any atom is 0.272 e. The number of fused-ring (bicyclic) bond motifs is 1. The van der Waals surface area contributed by atoms with Crippen molar-refractivity contribution in [2.75, 3.05) is 12.1 Å². The molecule has 1 aliphatic rings. The lowest BCUT2D eigenvalue weighted by molar-refractivity contribution is -0.113. The van der Waals surface area contributed by atoms with Crippen molar-refractivity contribution in [3.05, 3.63) is 92.5 Å². The van der Waals surface area contributed by atoms with E-state index in [0.717, 1.165) is 8.95 Å². The van der Waals surface area contributed by atoms with Gasteiger partial charge in [-0.05, 0) is 72.3 Å². The summed E-state index contributed by atoms with van der Waals surface area (Å²) in [5, 5.41) is 5.52. The van der Waals surface area contributed by atoms with Crippen LogP contribution in [0, 0.1) is 0 Å². The second-order valence-corrected chi connectivity index (χ2v) is 8.42. The largest absolute Gasteiger partial charge is 0.454 e. The molecule has 8 heteroatoms. The van der Waals surface area contributed by atoms with Crippen molar-refractivity contribution >= 4 is 55.4 Å². The van der Waals surface area contributed by atoms with Crippen LogP contribution < -0.4 is 20.1 Å². The molecule has 31 heavy (non-hydrogen) atoms. The van der Waals surface area contributed by atoms with Crippen molar-refractivity contribution < 1.29 is 19.1 Å². The fraction of sp³-hybridized carbons (Fsp3) is 0.0435. The molecule has 0 aliphatic carbocycles. The van der Waals surface area contributed by atoms with Gasteiger partial charge in [-0.1, -0.05) is 37.9 Å². The van der Waals surface area contributed by atoms with Crippen LogP contribution in [0.25, 0.3) is 6.08 Å². The maximum atomic E-state index is 13.0. The van der Waals surface area contributed by atoms with Gasteiger partial charge in [-0.3, -0.25) is 9.59 Å². The summed E-state index contributed by atoms with van der Waals surface area (Å²) < 4.78 is 12.5. The summed E-state index contributed by atoms with van der Waals surface area (Å²) in [5.41, 5.74) is 1.80. The number of nitrogens with one attached hydrogen (secondary N) is 2. The Labute approximate surface area is 195 Å². The molecule has 0 spiro atoms. The number of benzene rings is 3. The van der Waals surface area contributed by atoms with Crippen LogP contribution in [0.2, 0.25) is 0 Å². The Balaban J connectivity index is 1.62. The molecule has 0 saturated heterocycles. The highest BCUT2D eigenvalue weighted by molar-refractivity contribution is 9.10. The molecule has 0 bridgehead atoms. The first-order chi connectivity index (χ1) is 15.0. The Bertz CT molecular complexity index is 1160. The van der Waals surface area contributed by atoms with Crippen molar-refractivity contribution in [1.29, 1.82) is 0 Å². The zero-order valence-corrected chi connectivity index (χ0v) is 19.2. The van der Waals surface area contributed by atoms with Crippen LogP contribution in [-0.2, 0) is 4.79 Å². The molecule has 1 aliphatic heterocycles. The van der Waals surface area contributed by atoms with Crippen molar-refractivity contribution in [3.63, 3.8) is 0 Å².